The molecule has 0 N–H and O–H groups in total. The topological polar surface area (TPSA) is 30.3 Å². The normalized spacial score (nSPS) is 14.8. The molecule has 0 aliphatic carbocycles. The molecule has 2 aromatic rings. The Kier molecular flexibility index (Phi) is 2.96. The maximum absolute atomic E-state index is 5.85. The van der Waals surface area contributed by atoms with Gasteiger partial charge in [-0.2, -0.15) is 0 Å². The Labute approximate surface area is 107 Å². The van der Waals surface area contributed by atoms with Gasteiger partial charge in [0.15, 0.2) is 0 Å². The van der Waals surface area contributed by atoms with E-state index in [1.807, 2.05) is 12.3 Å². The molecule has 0 spiro atoms. The van der Waals surface area contributed by atoms with Crippen molar-refractivity contribution in [2.45, 2.75) is 19.4 Å². The summed E-state index contributed by atoms with van der Waals surface area (Å²) >= 11 is 0. The van der Waals surface area contributed by atoms with Crippen molar-refractivity contribution >= 4 is 11.0 Å². The standard InChI is InChI=1S/C14H19N3O/c1-16(2)8-9-17-12-6-4-10-18-13(12)11-5-3-7-15-14(11)17/h3,5,7H,4,6,8-10H2,1-2H3. The fraction of sp³-hybridized carbons (Fsp3) is 0.500. The van der Waals surface area contributed by atoms with Gasteiger partial charge in [-0.3, -0.25) is 0 Å². The highest BCUT2D eigenvalue weighted by molar-refractivity contribution is 5.85. The molecular weight excluding hydrogens is 226 g/mol. The number of nitrogens with zero attached hydrogens (tertiary/aromatic N) is 3. The van der Waals surface area contributed by atoms with Crippen LogP contribution in [0.4, 0.5) is 0 Å². The molecule has 2 aromatic heterocycles. The molecule has 0 aromatic carbocycles. The third-order valence-corrected chi connectivity index (χ3v) is 3.45. The summed E-state index contributed by atoms with van der Waals surface area (Å²) in [6.45, 7) is 2.82. The fourth-order valence-electron chi connectivity index (χ4n) is 2.56. The average molecular weight is 245 g/mol. The fourth-order valence-corrected chi connectivity index (χ4v) is 2.56. The van der Waals surface area contributed by atoms with Gasteiger partial charge in [-0.15, -0.1) is 0 Å². The van der Waals surface area contributed by atoms with Crippen LogP contribution in [0.3, 0.4) is 0 Å². The van der Waals surface area contributed by atoms with Crippen LogP contribution < -0.4 is 4.74 Å². The highest BCUT2D eigenvalue weighted by Gasteiger charge is 2.21. The predicted octanol–water partition coefficient (Wildman–Crippen LogP) is 1.92. The number of ether oxygens (including phenoxy) is 1. The summed E-state index contributed by atoms with van der Waals surface area (Å²) in [7, 11) is 4.20. The van der Waals surface area contributed by atoms with E-state index in [1.165, 1.54) is 5.69 Å². The highest BCUT2D eigenvalue weighted by Crippen LogP contribution is 2.35. The summed E-state index contributed by atoms with van der Waals surface area (Å²) in [4.78, 5) is 6.73. The Morgan fingerprint density at radius 3 is 3.17 bits per heavy atom. The molecule has 18 heavy (non-hydrogen) atoms. The zero-order valence-electron chi connectivity index (χ0n) is 11.0. The largest absolute Gasteiger partial charge is 0.491 e. The summed E-state index contributed by atoms with van der Waals surface area (Å²) in [6.07, 6.45) is 4.06. The van der Waals surface area contributed by atoms with E-state index in [1.54, 1.807) is 0 Å². The lowest BCUT2D eigenvalue weighted by molar-refractivity contribution is 0.285. The SMILES string of the molecule is CN(C)CCn1c2c(c3cccnc31)OCCC2. The van der Waals surface area contributed by atoms with Crippen molar-refractivity contribution in [2.75, 3.05) is 27.2 Å². The van der Waals surface area contributed by atoms with Crippen molar-refractivity contribution in [3.05, 3.63) is 24.0 Å². The van der Waals surface area contributed by atoms with Gasteiger partial charge in [0.1, 0.15) is 11.4 Å². The molecule has 0 saturated heterocycles. The van der Waals surface area contributed by atoms with Crippen molar-refractivity contribution < 1.29 is 4.74 Å². The van der Waals surface area contributed by atoms with Gasteiger partial charge in [0.2, 0.25) is 0 Å². The molecule has 1 aliphatic rings. The van der Waals surface area contributed by atoms with E-state index in [4.69, 9.17) is 4.74 Å². The van der Waals surface area contributed by atoms with Crippen LogP contribution in [0.25, 0.3) is 11.0 Å². The molecule has 3 rings (SSSR count). The van der Waals surface area contributed by atoms with Gasteiger partial charge in [-0.1, -0.05) is 0 Å². The van der Waals surface area contributed by atoms with E-state index < -0.39 is 0 Å². The molecule has 0 amide bonds. The third-order valence-electron chi connectivity index (χ3n) is 3.45. The second kappa shape index (κ2) is 4.61. The second-order valence-electron chi connectivity index (χ2n) is 5.06. The summed E-state index contributed by atoms with van der Waals surface area (Å²) in [5.41, 5.74) is 2.38. The summed E-state index contributed by atoms with van der Waals surface area (Å²) in [5.74, 6) is 1.06. The van der Waals surface area contributed by atoms with E-state index >= 15 is 0 Å². The third kappa shape index (κ3) is 1.86. The number of hydrogen-bond acceptors (Lipinski definition) is 3. The van der Waals surface area contributed by atoms with E-state index in [9.17, 15) is 0 Å². The van der Waals surface area contributed by atoms with Crippen molar-refractivity contribution in [3.63, 3.8) is 0 Å². The van der Waals surface area contributed by atoms with Gasteiger partial charge in [-0.25, -0.2) is 4.98 Å². The molecule has 96 valence electrons. The monoisotopic (exact) mass is 245 g/mol. The molecule has 1 aliphatic heterocycles. The maximum atomic E-state index is 5.85. The highest BCUT2D eigenvalue weighted by atomic mass is 16.5. The summed E-state index contributed by atoms with van der Waals surface area (Å²) in [6, 6.07) is 4.09. The van der Waals surface area contributed by atoms with Gasteiger partial charge in [0, 0.05) is 19.3 Å². The van der Waals surface area contributed by atoms with Crippen LogP contribution in [0.2, 0.25) is 0 Å². The van der Waals surface area contributed by atoms with E-state index in [2.05, 4.69) is 34.6 Å². The molecule has 4 nitrogen and oxygen atoms in total. The zero-order chi connectivity index (χ0) is 12.5. The summed E-state index contributed by atoms with van der Waals surface area (Å²) in [5, 5.41) is 1.16. The van der Waals surface area contributed by atoms with Crippen LogP contribution in [-0.4, -0.2) is 41.7 Å². The molecule has 0 atom stereocenters. The number of fused-ring (bicyclic) bond motifs is 3. The van der Waals surface area contributed by atoms with Crippen LogP contribution in [0.15, 0.2) is 18.3 Å². The number of likely N-dealkylation sites (N-methyl/N-ethyl adjacent to an activating group) is 1. The Morgan fingerprint density at radius 1 is 1.44 bits per heavy atom. The average Bonchev–Trinajstić information content (AvgIpc) is 2.71. The van der Waals surface area contributed by atoms with E-state index in [0.29, 0.717) is 0 Å². The number of hydrogen-bond donors (Lipinski definition) is 0. The van der Waals surface area contributed by atoms with Gasteiger partial charge >= 0.3 is 0 Å². The van der Waals surface area contributed by atoms with Crippen molar-refractivity contribution in [1.29, 1.82) is 0 Å². The van der Waals surface area contributed by atoms with Gasteiger partial charge in [0.25, 0.3) is 0 Å². The lowest BCUT2D eigenvalue weighted by Gasteiger charge is -2.17. The Morgan fingerprint density at radius 2 is 2.33 bits per heavy atom. The second-order valence-corrected chi connectivity index (χ2v) is 5.06. The van der Waals surface area contributed by atoms with Gasteiger partial charge in [-0.05, 0) is 39.1 Å². The smallest absolute Gasteiger partial charge is 0.149 e. The minimum atomic E-state index is 0.828. The maximum Gasteiger partial charge on any atom is 0.149 e. The first-order valence-electron chi connectivity index (χ1n) is 6.51. The van der Waals surface area contributed by atoms with Crippen LogP contribution >= 0.6 is 0 Å². The van der Waals surface area contributed by atoms with Crippen molar-refractivity contribution in [2.24, 2.45) is 0 Å². The lowest BCUT2D eigenvalue weighted by atomic mass is 10.2. The van der Waals surface area contributed by atoms with Crippen LogP contribution in [-0.2, 0) is 13.0 Å². The Balaban J connectivity index is 2.10. The Bertz CT molecular complexity index is 559. The molecule has 4 heteroatoms. The molecule has 0 unspecified atom stereocenters. The molecule has 0 bridgehead atoms. The Hall–Kier alpha value is -1.55. The minimum Gasteiger partial charge on any atom is -0.491 e. The van der Waals surface area contributed by atoms with Crippen LogP contribution in [0, 0.1) is 0 Å². The first-order chi connectivity index (χ1) is 8.77. The van der Waals surface area contributed by atoms with Gasteiger partial charge < -0.3 is 14.2 Å². The zero-order valence-corrected chi connectivity index (χ0v) is 11.0. The first kappa shape index (κ1) is 11.5. The predicted molar refractivity (Wildman–Crippen MR) is 72.1 cm³/mol. The summed E-state index contributed by atoms with van der Waals surface area (Å²) < 4.78 is 8.17. The van der Waals surface area contributed by atoms with E-state index in [-0.39, 0.29) is 0 Å². The molecule has 3 heterocycles. The van der Waals surface area contributed by atoms with Crippen molar-refractivity contribution in [1.82, 2.24) is 14.5 Å². The minimum absolute atomic E-state index is 0.828. The number of aromatic nitrogens is 2. The first-order valence-corrected chi connectivity index (χ1v) is 6.51. The molecule has 0 saturated carbocycles. The van der Waals surface area contributed by atoms with Crippen LogP contribution in [0.1, 0.15) is 12.1 Å². The van der Waals surface area contributed by atoms with Gasteiger partial charge in [0.05, 0.1) is 17.7 Å². The quantitative estimate of drug-likeness (QED) is 0.827. The number of pyridine rings is 1. The molecule has 0 radical (unpaired) electrons. The molecule has 0 fully saturated rings. The number of rotatable bonds is 3. The van der Waals surface area contributed by atoms with Crippen molar-refractivity contribution in [3.8, 4) is 5.75 Å². The molecular formula is C14H19N3O. The lowest BCUT2D eigenvalue weighted by Crippen LogP contribution is -2.20. The van der Waals surface area contributed by atoms with E-state index in [0.717, 1.165) is 49.3 Å². The van der Waals surface area contributed by atoms with Crippen LogP contribution in [0.5, 0.6) is 5.75 Å².